The van der Waals surface area contributed by atoms with E-state index in [0.717, 1.165) is 0 Å². The smallest absolute Gasteiger partial charge is 0.338 e. The van der Waals surface area contributed by atoms with E-state index >= 15 is 0 Å². The van der Waals surface area contributed by atoms with Crippen LogP contribution in [0.1, 0.15) is 18.6 Å². The topological polar surface area (TPSA) is 95.4 Å². The van der Waals surface area contributed by atoms with Gasteiger partial charge in [-0.3, -0.25) is 5.10 Å². The van der Waals surface area contributed by atoms with Crippen LogP contribution in [0.3, 0.4) is 0 Å². The third kappa shape index (κ3) is 2.30. The van der Waals surface area contributed by atoms with E-state index in [4.69, 9.17) is 0 Å². The Morgan fingerprint density at radius 2 is 2.43 bits per heavy atom. The van der Waals surface area contributed by atoms with Crippen molar-refractivity contribution in [2.24, 2.45) is 0 Å². The average molecular weight is 200 g/mol. The van der Waals surface area contributed by atoms with Gasteiger partial charge in [0.15, 0.2) is 6.10 Å². The first-order valence-electron chi connectivity index (χ1n) is 4.18. The first-order chi connectivity index (χ1) is 6.66. The summed E-state index contributed by atoms with van der Waals surface area (Å²) < 4.78 is 4.54. The summed E-state index contributed by atoms with van der Waals surface area (Å²) in [5.41, 5.74) is 0.338. The molecular formula is C8H12N2O4. The Bertz CT molecular complexity index is 286. The van der Waals surface area contributed by atoms with Crippen molar-refractivity contribution in [1.82, 2.24) is 10.2 Å². The molecule has 6 nitrogen and oxygen atoms in total. The minimum atomic E-state index is -1.58. The fourth-order valence-electron chi connectivity index (χ4n) is 0.961. The molecule has 0 aromatic carbocycles. The number of aromatic amines is 1. The summed E-state index contributed by atoms with van der Waals surface area (Å²) >= 11 is 0. The van der Waals surface area contributed by atoms with Gasteiger partial charge in [0.1, 0.15) is 6.10 Å². The van der Waals surface area contributed by atoms with Gasteiger partial charge in [-0.2, -0.15) is 5.10 Å². The zero-order chi connectivity index (χ0) is 10.6. The molecule has 0 radical (unpaired) electrons. The molecule has 0 saturated heterocycles. The zero-order valence-corrected chi connectivity index (χ0v) is 7.67. The Hall–Kier alpha value is -1.40. The number of esters is 1. The van der Waals surface area contributed by atoms with Gasteiger partial charge in [-0.15, -0.1) is 0 Å². The van der Waals surface area contributed by atoms with E-state index in [1.54, 1.807) is 6.92 Å². The lowest BCUT2D eigenvalue weighted by molar-refractivity contribution is -0.159. The number of nitrogens with one attached hydrogen (secondary N) is 1. The van der Waals surface area contributed by atoms with Gasteiger partial charge in [0, 0.05) is 11.8 Å². The number of nitrogens with zero attached hydrogens (tertiary/aromatic N) is 1. The van der Waals surface area contributed by atoms with Gasteiger partial charge in [0.25, 0.3) is 0 Å². The molecule has 0 bridgehead atoms. The average Bonchev–Trinajstić information content (AvgIpc) is 2.68. The summed E-state index contributed by atoms with van der Waals surface area (Å²) in [6.07, 6.45) is -0.166. The van der Waals surface area contributed by atoms with Gasteiger partial charge in [0.05, 0.1) is 12.8 Å². The largest absolute Gasteiger partial charge is 0.464 e. The van der Waals surface area contributed by atoms with Crippen molar-refractivity contribution in [3.05, 3.63) is 18.0 Å². The highest BCUT2D eigenvalue weighted by atomic mass is 16.5. The van der Waals surface area contributed by atoms with Crippen molar-refractivity contribution < 1.29 is 19.7 Å². The van der Waals surface area contributed by atoms with Crippen LogP contribution < -0.4 is 0 Å². The molecule has 0 amide bonds. The highest BCUT2D eigenvalue weighted by Gasteiger charge is 2.27. The third-order valence-electron chi connectivity index (χ3n) is 1.69. The maximum Gasteiger partial charge on any atom is 0.338 e. The lowest BCUT2D eigenvalue weighted by Crippen LogP contribution is -2.29. The minimum absolute atomic E-state index is 0.161. The van der Waals surface area contributed by atoms with E-state index in [0.29, 0.717) is 5.56 Å². The molecule has 78 valence electrons. The summed E-state index contributed by atoms with van der Waals surface area (Å²) in [6.45, 7) is 1.78. The maximum atomic E-state index is 11.0. The monoisotopic (exact) mass is 200 g/mol. The molecule has 0 aliphatic heterocycles. The third-order valence-corrected chi connectivity index (χ3v) is 1.69. The van der Waals surface area contributed by atoms with E-state index in [2.05, 4.69) is 14.9 Å². The number of aliphatic hydroxyl groups is 2. The van der Waals surface area contributed by atoms with Crippen LogP contribution in [-0.2, 0) is 9.53 Å². The fraction of sp³-hybridized carbons (Fsp3) is 0.500. The van der Waals surface area contributed by atoms with Crippen LogP contribution in [0.25, 0.3) is 0 Å². The van der Waals surface area contributed by atoms with Crippen LogP contribution in [0.15, 0.2) is 12.4 Å². The predicted octanol–water partition coefficient (Wildman–Crippen LogP) is -0.633. The number of carbonyl (C=O) groups excluding carboxylic acids is 1. The van der Waals surface area contributed by atoms with Crippen LogP contribution in [0, 0.1) is 0 Å². The Labute approximate surface area is 80.5 Å². The second-order valence-electron chi connectivity index (χ2n) is 2.67. The number of ether oxygens (including phenoxy) is 1. The Morgan fingerprint density at radius 1 is 1.71 bits per heavy atom. The molecule has 1 heterocycles. The van der Waals surface area contributed by atoms with E-state index in [1.165, 1.54) is 12.4 Å². The molecule has 0 spiro atoms. The molecule has 1 aromatic heterocycles. The molecule has 0 aliphatic rings. The maximum absolute atomic E-state index is 11.0. The molecule has 3 N–H and O–H groups in total. The highest BCUT2D eigenvalue weighted by Crippen LogP contribution is 2.15. The molecule has 6 heteroatoms. The van der Waals surface area contributed by atoms with Crippen molar-refractivity contribution in [2.75, 3.05) is 6.61 Å². The van der Waals surface area contributed by atoms with E-state index in [1.807, 2.05) is 0 Å². The van der Waals surface area contributed by atoms with Gasteiger partial charge in [-0.1, -0.05) is 0 Å². The van der Waals surface area contributed by atoms with Crippen LogP contribution in [0.4, 0.5) is 0 Å². The first kappa shape index (κ1) is 10.7. The van der Waals surface area contributed by atoms with E-state index in [-0.39, 0.29) is 6.61 Å². The molecule has 2 atom stereocenters. The predicted molar refractivity (Wildman–Crippen MR) is 46.2 cm³/mol. The van der Waals surface area contributed by atoms with E-state index in [9.17, 15) is 15.0 Å². The number of aromatic nitrogens is 2. The molecule has 0 aliphatic carbocycles. The second kappa shape index (κ2) is 4.73. The van der Waals surface area contributed by atoms with Gasteiger partial charge >= 0.3 is 5.97 Å². The highest BCUT2D eigenvalue weighted by molar-refractivity contribution is 5.75. The van der Waals surface area contributed by atoms with Gasteiger partial charge in [-0.25, -0.2) is 4.79 Å². The lowest BCUT2D eigenvalue weighted by Gasteiger charge is -2.14. The SMILES string of the molecule is CCOC(=O)C(O)C(O)c1cn[nH]c1. The van der Waals surface area contributed by atoms with Crippen LogP contribution >= 0.6 is 0 Å². The first-order valence-corrected chi connectivity index (χ1v) is 4.18. The van der Waals surface area contributed by atoms with Crippen molar-refractivity contribution in [3.8, 4) is 0 Å². The number of hydrogen-bond donors (Lipinski definition) is 3. The summed E-state index contributed by atoms with van der Waals surface area (Å²) in [7, 11) is 0. The zero-order valence-electron chi connectivity index (χ0n) is 7.67. The van der Waals surface area contributed by atoms with Crippen molar-refractivity contribution in [1.29, 1.82) is 0 Å². The Balaban J connectivity index is 2.61. The summed E-state index contributed by atoms with van der Waals surface area (Å²) in [5, 5.41) is 24.8. The standard InChI is InChI=1S/C8H12N2O4/c1-2-14-8(13)7(12)6(11)5-3-9-10-4-5/h3-4,6-7,11-12H,2H2,1H3,(H,9,10). The quantitative estimate of drug-likeness (QED) is 0.562. The number of rotatable bonds is 4. The summed E-state index contributed by atoms with van der Waals surface area (Å²) in [4.78, 5) is 11.0. The van der Waals surface area contributed by atoms with Crippen molar-refractivity contribution in [2.45, 2.75) is 19.1 Å². The summed E-state index contributed by atoms with van der Waals surface area (Å²) in [6, 6.07) is 0. The number of H-pyrrole nitrogens is 1. The van der Waals surface area contributed by atoms with Gasteiger partial charge < -0.3 is 14.9 Å². The number of carbonyl (C=O) groups is 1. The molecule has 1 aromatic rings. The van der Waals surface area contributed by atoms with Crippen LogP contribution in [0.2, 0.25) is 0 Å². The molecule has 0 fully saturated rings. The minimum Gasteiger partial charge on any atom is -0.464 e. The Kier molecular flexibility index (Phi) is 3.61. The van der Waals surface area contributed by atoms with Gasteiger partial charge in [-0.05, 0) is 6.92 Å². The van der Waals surface area contributed by atoms with Crippen LogP contribution in [0.5, 0.6) is 0 Å². The van der Waals surface area contributed by atoms with Crippen LogP contribution in [-0.4, -0.2) is 39.1 Å². The number of hydrogen-bond acceptors (Lipinski definition) is 5. The van der Waals surface area contributed by atoms with E-state index < -0.39 is 18.2 Å². The van der Waals surface area contributed by atoms with Crippen molar-refractivity contribution >= 4 is 5.97 Å². The normalized spacial score (nSPS) is 14.8. The van der Waals surface area contributed by atoms with Gasteiger partial charge in [0.2, 0.25) is 0 Å². The second-order valence-corrected chi connectivity index (χ2v) is 2.67. The molecule has 1 rings (SSSR count). The lowest BCUT2D eigenvalue weighted by atomic mass is 10.1. The molecule has 0 saturated carbocycles. The molecular weight excluding hydrogens is 188 g/mol. The summed E-state index contributed by atoms with van der Waals surface area (Å²) in [5.74, 6) is -0.846. The fourth-order valence-corrected chi connectivity index (χ4v) is 0.961. The Morgan fingerprint density at radius 3 is 2.93 bits per heavy atom. The number of aliphatic hydroxyl groups excluding tert-OH is 2. The van der Waals surface area contributed by atoms with Crippen molar-refractivity contribution in [3.63, 3.8) is 0 Å². The molecule has 14 heavy (non-hydrogen) atoms. The molecule has 2 unspecified atom stereocenters.